The van der Waals surface area contributed by atoms with Crippen molar-refractivity contribution in [1.82, 2.24) is 0 Å². The fourth-order valence-corrected chi connectivity index (χ4v) is 0.393. The Bertz CT molecular complexity index is 69.5. The van der Waals surface area contributed by atoms with Crippen LogP contribution in [0.3, 0.4) is 0 Å². The average Bonchev–Trinajstić information content (AvgIpc) is 1.63. The van der Waals surface area contributed by atoms with E-state index < -0.39 is 5.97 Å². The molecule has 0 saturated carbocycles. The molecule has 0 fully saturated rings. The van der Waals surface area contributed by atoms with Crippen molar-refractivity contribution in [3.05, 3.63) is 0 Å². The topological polar surface area (TPSA) is 95.9 Å². The lowest BCUT2D eigenvalue weighted by atomic mass is 10.3. The van der Waals surface area contributed by atoms with Gasteiger partial charge in [-0.25, -0.2) is 5.90 Å². The molecule has 0 aliphatic carbocycles. The largest absolute Gasteiger partial charge is 0.344 e. The van der Waals surface area contributed by atoms with Crippen molar-refractivity contribution in [2.75, 3.05) is 6.61 Å². The summed E-state index contributed by atoms with van der Waals surface area (Å²) in [5.74, 6) is 2.03. The smallest absolute Gasteiger partial charge is 0.275 e. The molecule has 0 aliphatic heterocycles. The summed E-state index contributed by atoms with van der Waals surface area (Å²) in [6, 6.07) is 0. The fourth-order valence-electron chi connectivity index (χ4n) is 0.393. The third-order valence-electron chi connectivity index (χ3n) is 0.774. The van der Waals surface area contributed by atoms with Crippen LogP contribution in [0, 0.1) is 0 Å². The molecule has 56 valence electrons. The van der Waals surface area contributed by atoms with Crippen LogP contribution in [0.5, 0.6) is 0 Å². The van der Waals surface area contributed by atoms with Gasteiger partial charge in [0, 0.05) is 6.42 Å². The Labute approximate surface area is 52.6 Å². The maximum absolute atomic E-state index is 8.26. The first-order valence-corrected chi connectivity index (χ1v) is 2.55. The third-order valence-corrected chi connectivity index (χ3v) is 0.774. The molecule has 0 amide bonds. The second kappa shape index (κ2) is 3.76. The second-order valence-corrected chi connectivity index (χ2v) is 1.75. The zero-order valence-electron chi connectivity index (χ0n) is 4.95. The van der Waals surface area contributed by atoms with Crippen molar-refractivity contribution < 1.29 is 20.2 Å². The molecule has 5 heteroatoms. The molecule has 0 aliphatic rings. The lowest BCUT2D eigenvalue weighted by molar-refractivity contribution is -0.315. The lowest BCUT2D eigenvalue weighted by Crippen LogP contribution is -2.27. The van der Waals surface area contributed by atoms with Gasteiger partial charge in [-0.2, -0.15) is 0 Å². The normalized spacial score (nSPS) is 12.0. The molecule has 0 aromatic rings. The summed E-state index contributed by atoms with van der Waals surface area (Å²) in [5.41, 5.74) is 0. The molecular weight excluding hydrogens is 126 g/mol. The Morgan fingerprint density at radius 3 is 2.22 bits per heavy atom. The first-order valence-electron chi connectivity index (χ1n) is 2.55. The molecule has 0 aromatic carbocycles. The Kier molecular flexibility index (Phi) is 3.67. The highest BCUT2D eigenvalue weighted by Crippen LogP contribution is 2.02. The predicted molar refractivity (Wildman–Crippen MR) is 28.8 cm³/mol. The predicted octanol–water partition coefficient (Wildman–Crippen LogP) is -1.71. The van der Waals surface area contributed by atoms with Crippen LogP contribution in [0.2, 0.25) is 0 Å². The van der Waals surface area contributed by atoms with Gasteiger partial charge in [-0.3, -0.25) is 0 Å². The van der Waals surface area contributed by atoms with E-state index in [1.807, 2.05) is 0 Å². The molecule has 0 spiro atoms. The van der Waals surface area contributed by atoms with Gasteiger partial charge in [-0.1, -0.05) is 0 Å². The molecule has 0 rings (SSSR count). The molecule has 9 heavy (non-hydrogen) atoms. The minimum Gasteiger partial charge on any atom is -0.344 e. The monoisotopic (exact) mass is 137 g/mol. The number of rotatable bonds is 4. The van der Waals surface area contributed by atoms with Crippen molar-refractivity contribution in [1.29, 1.82) is 0 Å². The molecule has 0 radical (unpaired) electrons. The summed E-state index contributed by atoms with van der Waals surface area (Å²) >= 11 is 0. The van der Waals surface area contributed by atoms with E-state index in [2.05, 4.69) is 10.7 Å². The van der Waals surface area contributed by atoms with Crippen LogP contribution in [-0.4, -0.2) is 27.9 Å². The highest BCUT2D eigenvalue weighted by molar-refractivity contribution is 4.45. The van der Waals surface area contributed by atoms with Gasteiger partial charge in [0.25, 0.3) is 5.97 Å². The van der Waals surface area contributed by atoms with E-state index >= 15 is 0 Å². The zero-order valence-corrected chi connectivity index (χ0v) is 4.95. The third kappa shape index (κ3) is 7.80. The van der Waals surface area contributed by atoms with Crippen molar-refractivity contribution >= 4 is 0 Å². The van der Waals surface area contributed by atoms with Gasteiger partial charge in [0.05, 0.1) is 6.61 Å². The molecule has 0 heterocycles. The van der Waals surface area contributed by atoms with Gasteiger partial charge in [0.15, 0.2) is 0 Å². The van der Waals surface area contributed by atoms with Crippen molar-refractivity contribution in [2.24, 2.45) is 5.90 Å². The van der Waals surface area contributed by atoms with Crippen LogP contribution in [0.25, 0.3) is 0 Å². The Balaban J connectivity index is 3.07. The average molecular weight is 137 g/mol. The minimum absolute atomic E-state index is 0.163. The van der Waals surface area contributed by atoms with E-state index in [9.17, 15) is 0 Å². The molecule has 0 unspecified atom stereocenters. The van der Waals surface area contributed by atoms with E-state index in [4.69, 9.17) is 15.3 Å². The van der Waals surface area contributed by atoms with E-state index in [-0.39, 0.29) is 13.0 Å². The zero-order chi connectivity index (χ0) is 7.33. The first kappa shape index (κ1) is 8.80. The van der Waals surface area contributed by atoms with Gasteiger partial charge in [-0.15, -0.1) is 0 Å². The molecule has 0 atom stereocenters. The quantitative estimate of drug-likeness (QED) is 0.210. The van der Waals surface area contributed by atoms with Crippen LogP contribution in [-0.2, 0) is 4.84 Å². The Morgan fingerprint density at radius 1 is 1.33 bits per heavy atom. The standard InChI is InChI=1S/C4H11NO4/c5-9-3-1-2-4(6,7)8/h6-8H,1-3,5H2. The number of hydrogen-bond donors (Lipinski definition) is 4. The summed E-state index contributed by atoms with van der Waals surface area (Å²) in [5, 5.41) is 24.8. The molecule has 0 bridgehead atoms. The lowest BCUT2D eigenvalue weighted by Gasteiger charge is -2.12. The fraction of sp³-hybridized carbons (Fsp3) is 1.00. The van der Waals surface area contributed by atoms with Crippen LogP contribution >= 0.6 is 0 Å². The molecule has 5 nitrogen and oxygen atoms in total. The first-order chi connectivity index (χ1) is 4.06. The van der Waals surface area contributed by atoms with E-state index in [0.717, 1.165) is 0 Å². The summed E-state index contributed by atoms with van der Waals surface area (Å²) < 4.78 is 0. The number of aliphatic hydroxyl groups is 3. The summed E-state index contributed by atoms with van der Waals surface area (Å²) in [6.45, 7) is 0.198. The number of hydrogen-bond acceptors (Lipinski definition) is 5. The van der Waals surface area contributed by atoms with Gasteiger partial charge < -0.3 is 20.2 Å². The van der Waals surface area contributed by atoms with Gasteiger partial charge in [0.2, 0.25) is 0 Å². The van der Waals surface area contributed by atoms with E-state index in [1.54, 1.807) is 0 Å². The highest BCUT2D eigenvalue weighted by atomic mass is 16.7. The van der Waals surface area contributed by atoms with Crippen molar-refractivity contribution in [2.45, 2.75) is 18.8 Å². The van der Waals surface area contributed by atoms with Gasteiger partial charge >= 0.3 is 0 Å². The Morgan fingerprint density at radius 2 is 1.89 bits per heavy atom. The van der Waals surface area contributed by atoms with Gasteiger partial charge in [-0.05, 0) is 6.42 Å². The van der Waals surface area contributed by atoms with Crippen LogP contribution in [0.15, 0.2) is 0 Å². The second-order valence-electron chi connectivity index (χ2n) is 1.75. The molecule has 5 N–H and O–H groups in total. The molecular formula is C4H11NO4. The van der Waals surface area contributed by atoms with Crippen LogP contribution in [0.1, 0.15) is 12.8 Å². The number of nitrogens with two attached hydrogens (primary N) is 1. The summed E-state index contributed by atoms with van der Waals surface area (Å²) in [4.78, 5) is 4.10. The summed E-state index contributed by atoms with van der Waals surface area (Å²) in [7, 11) is 0. The Hall–Kier alpha value is -0.200. The van der Waals surface area contributed by atoms with Gasteiger partial charge in [0.1, 0.15) is 0 Å². The maximum atomic E-state index is 8.26. The molecule has 0 saturated heterocycles. The molecule has 0 aromatic heterocycles. The van der Waals surface area contributed by atoms with Crippen LogP contribution in [0.4, 0.5) is 0 Å². The van der Waals surface area contributed by atoms with E-state index in [1.165, 1.54) is 0 Å². The SMILES string of the molecule is NOCCCC(O)(O)O. The highest BCUT2D eigenvalue weighted by Gasteiger charge is 2.16. The maximum Gasteiger partial charge on any atom is 0.275 e. The minimum atomic E-state index is -2.58. The van der Waals surface area contributed by atoms with Crippen LogP contribution < -0.4 is 5.90 Å². The van der Waals surface area contributed by atoms with Crippen molar-refractivity contribution in [3.8, 4) is 0 Å². The van der Waals surface area contributed by atoms with Crippen molar-refractivity contribution in [3.63, 3.8) is 0 Å². The summed E-state index contributed by atoms with van der Waals surface area (Å²) in [6.07, 6.45) is 0.143. The van der Waals surface area contributed by atoms with E-state index in [0.29, 0.717) is 6.42 Å².